The van der Waals surface area contributed by atoms with Crippen LogP contribution in [0, 0.1) is 0 Å². The summed E-state index contributed by atoms with van der Waals surface area (Å²) in [5.41, 5.74) is 5.79. The quantitative estimate of drug-likeness (QED) is 0.601. The molecular formula is C21H24ClN3O2. The van der Waals surface area contributed by atoms with Crippen LogP contribution < -0.4 is 10.2 Å². The van der Waals surface area contributed by atoms with Gasteiger partial charge in [-0.2, -0.15) is 5.10 Å². The number of hydrogen-bond acceptors (Lipinski definition) is 4. The highest BCUT2D eigenvalue weighted by Gasteiger charge is 2.15. The van der Waals surface area contributed by atoms with Crippen LogP contribution in [0.5, 0.6) is 5.75 Å². The van der Waals surface area contributed by atoms with E-state index in [0.717, 1.165) is 42.2 Å². The number of rotatable bonds is 6. The Morgan fingerprint density at radius 2 is 1.96 bits per heavy atom. The summed E-state index contributed by atoms with van der Waals surface area (Å²) < 4.78 is 5.51. The molecule has 0 aromatic heterocycles. The van der Waals surface area contributed by atoms with E-state index in [1.807, 2.05) is 19.1 Å². The first-order valence-corrected chi connectivity index (χ1v) is 9.45. The first-order chi connectivity index (χ1) is 13.1. The maximum absolute atomic E-state index is 12.3. The molecule has 0 saturated carbocycles. The molecule has 1 N–H and O–H groups in total. The molecule has 6 heteroatoms. The van der Waals surface area contributed by atoms with Gasteiger partial charge in [0.2, 0.25) is 0 Å². The van der Waals surface area contributed by atoms with Gasteiger partial charge in [0.25, 0.3) is 5.91 Å². The van der Waals surface area contributed by atoms with E-state index in [2.05, 4.69) is 21.5 Å². The zero-order valence-electron chi connectivity index (χ0n) is 15.7. The monoisotopic (exact) mass is 385 g/mol. The van der Waals surface area contributed by atoms with Gasteiger partial charge in [0.1, 0.15) is 5.75 Å². The minimum atomic E-state index is -0.328. The van der Waals surface area contributed by atoms with Gasteiger partial charge in [-0.15, -0.1) is 0 Å². The van der Waals surface area contributed by atoms with E-state index in [-0.39, 0.29) is 5.91 Å². The number of ether oxygens (including phenoxy) is 1. The summed E-state index contributed by atoms with van der Waals surface area (Å²) in [6.07, 6.45) is 2.49. The highest BCUT2D eigenvalue weighted by atomic mass is 35.5. The van der Waals surface area contributed by atoms with Crippen molar-refractivity contribution in [1.82, 2.24) is 10.3 Å². The molecule has 27 heavy (non-hydrogen) atoms. The lowest BCUT2D eigenvalue weighted by Crippen LogP contribution is -2.20. The Bertz CT molecular complexity index is 845. The third-order valence-corrected chi connectivity index (χ3v) is 5.06. The number of amides is 1. The van der Waals surface area contributed by atoms with Gasteiger partial charge in [-0.3, -0.25) is 9.69 Å². The largest absolute Gasteiger partial charge is 0.496 e. The highest BCUT2D eigenvalue weighted by Crippen LogP contribution is 2.24. The minimum absolute atomic E-state index is 0.328. The molecule has 2 aromatic carbocycles. The Balaban J connectivity index is 1.75. The molecule has 1 amide bonds. The van der Waals surface area contributed by atoms with Crippen LogP contribution >= 0.6 is 11.6 Å². The number of benzene rings is 2. The first kappa shape index (κ1) is 19.4. The van der Waals surface area contributed by atoms with Crippen molar-refractivity contribution >= 4 is 23.2 Å². The molecule has 1 heterocycles. The molecule has 5 nitrogen and oxygen atoms in total. The van der Waals surface area contributed by atoms with E-state index in [4.69, 9.17) is 16.3 Å². The lowest BCUT2D eigenvalue weighted by atomic mass is 10.1. The van der Waals surface area contributed by atoms with Crippen molar-refractivity contribution in [2.45, 2.75) is 26.3 Å². The molecule has 0 bridgehead atoms. The van der Waals surface area contributed by atoms with Gasteiger partial charge >= 0.3 is 0 Å². The van der Waals surface area contributed by atoms with Crippen molar-refractivity contribution in [1.29, 1.82) is 0 Å². The van der Waals surface area contributed by atoms with E-state index < -0.39 is 0 Å². The van der Waals surface area contributed by atoms with Crippen LogP contribution in [0.4, 0.5) is 0 Å². The predicted molar refractivity (Wildman–Crippen MR) is 109 cm³/mol. The molecule has 2 aromatic rings. The summed E-state index contributed by atoms with van der Waals surface area (Å²) in [5, 5.41) is 4.65. The van der Waals surface area contributed by atoms with Gasteiger partial charge in [-0.25, -0.2) is 5.43 Å². The number of hydrazone groups is 1. The Kier molecular flexibility index (Phi) is 6.48. The van der Waals surface area contributed by atoms with Crippen LogP contribution in [-0.4, -0.2) is 36.7 Å². The topological polar surface area (TPSA) is 53.9 Å². The molecule has 1 fully saturated rings. The number of methoxy groups -OCH3 is 1. The van der Waals surface area contributed by atoms with Crippen molar-refractivity contribution in [2.75, 3.05) is 20.2 Å². The normalized spacial score (nSPS) is 15.0. The summed E-state index contributed by atoms with van der Waals surface area (Å²) in [5.74, 6) is 0.546. The fourth-order valence-corrected chi connectivity index (χ4v) is 3.44. The van der Waals surface area contributed by atoms with E-state index in [9.17, 15) is 4.79 Å². The Labute approximate surface area is 165 Å². The van der Waals surface area contributed by atoms with Crippen LogP contribution in [0.2, 0.25) is 5.02 Å². The van der Waals surface area contributed by atoms with E-state index in [1.54, 1.807) is 31.4 Å². The van der Waals surface area contributed by atoms with E-state index >= 15 is 0 Å². The second kappa shape index (κ2) is 9.02. The number of carbonyl (C=O) groups is 1. The third-order valence-electron chi connectivity index (χ3n) is 4.73. The fourth-order valence-electron chi connectivity index (χ4n) is 3.21. The zero-order chi connectivity index (χ0) is 19.2. The molecule has 1 aliphatic heterocycles. The molecule has 3 rings (SSSR count). The summed E-state index contributed by atoms with van der Waals surface area (Å²) >= 11 is 6.06. The average Bonchev–Trinajstić information content (AvgIpc) is 3.19. The lowest BCUT2D eigenvalue weighted by Gasteiger charge is -2.17. The molecular weight excluding hydrogens is 362 g/mol. The van der Waals surface area contributed by atoms with Gasteiger partial charge in [0.15, 0.2) is 0 Å². The second-order valence-electron chi connectivity index (χ2n) is 6.63. The first-order valence-electron chi connectivity index (χ1n) is 9.07. The van der Waals surface area contributed by atoms with Gasteiger partial charge in [0.05, 0.1) is 23.4 Å². The molecule has 0 spiro atoms. The average molecular weight is 386 g/mol. The highest BCUT2D eigenvalue weighted by molar-refractivity contribution is 6.33. The third kappa shape index (κ3) is 4.87. The van der Waals surface area contributed by atoms with Crippen LogP contribution in [-0.2, 0) is 6.54 Å². The van der Waals surface area contributed by atoms with E-state index in [0.29, 0.717) is 10.6 Å². The SMILES string of the molecule is COc1ccc(/C(C)=N\NC(=O)c2ccccc2Cl)cc1CN1CCCC1. The molecule has 1 aliphatic rings. The molecule has 0 unspecified atom stereocenters. The van der Waals surface area contributed by atoms with E-state index in [1.165, 1.54) is 12.8 Å². The number of halogens is 1. The van der Waals surface area contributed by atoms with Gasteiger partial charge in [-0.05, 0) is 68.8 Å². The summed E-state index contributed by atoms with van der Waals surface area (Å²) in [4.78, 5) is 14.7. The van der Waals surface area contributed by atoms with Crippen molar-refractivity contribution in [2.24, 2.45) is 5.10 Å². The van der Waals surface area contributed by atoms with Crippen LogP contribution in [0.25, 0.3) is 0 Å². The molecule has 142 valence electrons. The summed E-state index contributed by atoms with van der Waals surface area (Å²) in [6, 6.07) is 12.9. The van der Waals surface area contributed by atoms with Crippen LogP contribution in [0.1, 0.15) is 41.3 Å². The number of likely N-dealkylation sites (tertiary alicyclic amines) is 1. The number of carbonyl (C=O) groups excluding carboxylic acids is 1. The van der Waals surface area contributed by atoms with Gasteiger partial charge in [0, 0.05) is 12.1 Å². The smallest absolute Gasteiger partial charge is 0.272 e. The predicted octanol–water partition coefficient (Wildman–Crippen LogP) is 4.10. The maximum Gasteiger partial charge on any atom is 0.272 e. The summed E-state index contributed by atoms with van der Waals surface area (Å²) in [6.45, 7) is 4.97. The van der Waals surface area contributed by atoms with Gasteiger partial charge in [-0.1, -0.05) is 23.7 Å². The number of nitrogens with zero attached hydrogens (tertiary/aromatic N) is 2. The maximum atomic E-state index is 12.3. The lowest BCUT2D eigenvalue weighted by molar-refractivity contribution is 0.0955. The summed E-state index contributed by atoms with van der Waals surface area (Å²) in [7, 11) is 1.69. The zero-order valence-corrected chi connectivity index (χ0v) is 16.4. The van der Waals surface area contributed by atoms with Crippen molar-refractivity contribution in [3.8, 4) is 5.75 Å². The van der Waals surface area contributed by atoms with Crippen molar-refractivity contribution in [3.63, 3.8) is 0 Å². The van der Waals surface area contributed by atoms with Crippen LogP contribution in [0.15, 0.2) is 47.6 Å². The van der Waals surface area contributed by atoms with Gasteiger partial charge < -0.3 is 4.74 Å². The second-order valence-corrected chi connectivity index (χ2v) is 7.04. The molecule has 0 aliphatic carbocycles. The number of hydrogen-bond donors (Lipinski definition) is 1. The Morgan fingerprint density at radius 1 is 1.22 bits per heavy atom. The van der Waals surface area contributed by atoms with Crippen LogP contribution in [0.3, 0.4) is 0 Å². The minimum Gasteiger partial charge on any atom is -0.496 e. The molecule has 0 atom stereocenters. The number of nitrogens with one attached hydrogen (secondary N) is 1. The Hall–Kier alpha value is -2.37. The molecule has 1 saturated heterocycles. The Morgan fingerprint density at radius 3 is 2.67 bits per heavy atom. The van der Waals surface area contributed by atoms with Crippen molar-refractivity contribution < 1.29 is 9.53 Å². The standard InChI is InChI=1S/C21H24ClN3O2/c1-15(23-24-21(26)18-7-3-4-8-19(18)22)16-9-10-20(27-2)17(13-16)14-25-11-5-6-12-25/h3-4,7-10,13H,5-6,11-12,14H2,1-2H3,(H,24,26)/b23-15-. The fraction of sp³-hybridized carbons (Fsp3) is 0.333. The molecule has 0 radical (unpaired) electrons. The van der Waals surface area contributed by atoms with Crippen molar-refractivity contribution in [3.05, 3.63) is 64.2 Å².